The molecule has 0 fully saturated rings. The number of hydrogen-bond acceptors (Lipinski definition) is 3. The average molecular weight is 217 g/mol. The van der Waals surface area contributed by atoms with Crippen molar-refractivity contribution >= 4 is 0 Å². The predicted octanol–water partition coefficient (Wildman–Crippen LogP) is 1.93. The summed E-state index contributed by atoms with van der Waals surface area (Å²) in [7, 11) is 0. The van der Waals surface area contributed by atoms with Gasteiger partial charge in [-0.15, -0.1) is 0 Å². The van der Waals surface area contributed by atoms with E-state index in [0.29, 0.717) is 18.9 Å². The lowest BCUT2D eigenvalue weighted by atomic mass is 10.0. The quantitative estimate of drug-likeness (QED) is 0.580. The summed E-state index contributed by atoms with van der Waals surface area (Å²) in [6, 6.07) is 0. The Kier molecular flexibility index (Phi) is 8.02. The lowest BCUT2D eigenvalue weighted by molar-refractivity contribution is 0.0386. The first-order chi connectivity index (χ1) is 7.02. The Labute approximate surface area is 94.0 Å². The van der Waals surface area contributed by atoms with E-state index in [2.05, 4.69) is 13.8 Å². The highest BCUT2D eigenvalue weighted by Gasteiger charge is 2.16. The van der Waals surface area contributed by atoms with Crippen LogP contribution in [0.5, 0.6) is 0 Å². The van der Waals surface area contributed by atoms with Crippen molar-refractivity contribution < 1.29 is 9.84 Å². The molecule has 0 saturated carbocycles. The molecule has 0 radical (unpaired) electrons. The molecule has 0 saturated heterocycles. The first-order valence-electron chi connectivity index (χ1n) is 6.02. The molecule has 0 spiro atoms. The van der Waals surface area contributed by atoms with E-state index in [1.54, 1.807) is 6.92 Å². The van der Waals surface area contributed by atoms with Crippen molar-refractivity contribution in [3.8, 4) is 0 Å². The van der Waals surface area contributed by atoms with Crippen LogP contribution in [0, 0.1) is 5.92 Å². The predicted molar refractivity (Wildman–Crippen MR) is 63.8 cm³/mol. The van der Waals surface area contributed by atoms with Crippen LogP contribution in [-0.4, -0.2) is 30.5 Å². The molecule has 0 amide bonds. The van der Waals surface area contributed by atoms with Crippen LogP contribution in [0.2, 0.25) is 0 Å². The van der Waals surface area contributed by atoms with Crippen LogP contribution in [0.15, 0.2) is 0 Å². The lowest BCUT2D eigenvalue weighted by Gasteiger charge is -2.20. The molecule has 0 rings (SSSR count). The second-order valence-corrected chi connectivity index (χ2v) is 4.77. The van der Waals surface area contributed by atoms with Crippen molar-refractivity contribution in [1.82, 2.24) is 0 Å². The van der Waals surface area contributed by atoms with Crippen LogP contribution in [0.4, 0.5) is 0 Å². The molecule has 0 aliphatic rings. The van der Waals surface area contributed by atoms with Gasteiger partial charge in [0.2, 0.25) is 0 Å². The van der Waals surface area contributed by atoms with Gasteiger partial charge in [0.05, 0.1) is 5.60 Å². The second-order valence-electron chi connectivity index (χ2n) is 4.77. The van der Waals surface area contributed by atoms with Gasteiger partial charge in [-0.05, 0) is 32.1 Å². The molecule has 2 atom stereocenters. The molecule has 3 N–H and O–H groups in total. The zero-order valence-corrected chi connectivity index (χ0v) is 10.5. The summed E-state index contributed by atoms with van der Waals surface area (Å²) in [6.07, 6.45) is 4.03. The van der Waals surface area contributed by atoms with E-state index in [1.165, 1.54) is 12.8 Å². The Morgan fingerprint density at radius 1 is 1.47 bits per heavy atom. The van der Waals surface area contributed by atoms with Gasteiger partial charge >= 0.3 is 0 Å². The third kappa shape index (κ3) is 8.85. The molecule has 3 nitrogen and oxygen atoms in total. The maximum Gasteiger partial charge on any atom is 0.0742 e. The molecule has 0 bridgehead atoms. The van der Waals surface area contributed by atoms with Gasteiger partial charge in [-0.25, -0.2) is 0 Å². The molecule has 15 heavy (non-hydrogen) atoms. The smallest absolute Gasteiger partial charge is 0.0742 e. The van der Waals surface area contributed by atoms with E-state index >= 15 is 0 Å². The highest BCUT2D eigenvalue weighted by Crippen LogP contribution is 2.10. The Morgan fingerprint density at radius 3 is 2.67 bits per heavy atom. The number of nitrogens with two attached hydrogens (primary N) is 1. The van der Waals surface area contributed by atoms with Gasteiger partial charge in [0.15, 0.2) is 0 Å². The average Bonchev–Trinajstić information content (AvgIpc) is 2.17. The van der Waals surface area contributed by atoms with Crippen LogP contribution < -0.4 is 5.73 Å². The van der Waals surface area contributed by atoms with Crippen molar-refractivity contribution in [3.63, 3.8) is 0 Å². The van der Waals surface area contributed by atoms with Crippen molar-refractivity contribution in [2.24, 2.45) is 11.7 Å². The van der Waals surface area contributed by atoms with Crippen molar-refractivity contribution in [1.29, 1.82) is 0 Å². The summed E-state index contributed by atoms with van der Waals surface area (Å²) in [6.45, 7) is 8.04. The Morgan fingerprint density at radius 2 is 2.13 bits per heavy atom. The summed E-state index contributed by atoms with van der Waals surface area (Å²) in [5.74, 6) is 0.644. The summed E-state index contributed by atoms with van der Waals surface area (Å²) < 4.78 is 5.54. The van der Waals surface area contributed by atoms with Crippen LogP contribution in [0.1, 0.15) is 46.5 Å². The molecule has 0 aliphatic carbocycles. The highest BCUT2D eigenvalue weighted by molar-refractivity contribution is 4.72. The van der Waals surface area contributed by atoms with Crippen LogP contribution in [0.3, 0.4) is 0 Å². The molecule has 92 valence electrons. The second kappa shape index (κ2) is 8.08. The maximum atomic E-state index is 9.64. The van der Waals surface area contributed by atoms with E-state index in [1.807, 2.05) is 0 Å². The van der Waals surface area contributed by atoms with Gasteiger partial charge in [-0.2, -0.15) is 0 Å². The molecular formula is C12H27NO2. The molecule has 0 aromatic heterocycles. The molecule has 0 aromatic rings. The minimum atomic E-state index is -0.724. The fraction of sp³-hybridized carbons (Fsp3) is 1.00. The number of rotatable bonds is 9. The number of hydrogen-bond donors (Lipinski definition) is 2. The summed E-state index contributed by atoms with van der Waals surface area (Å²) >= 11 is 0. The first-order valence-corrected chi connectivity index (χ1v) is 6.02. The van der Waals surface area contributed by atoms with E-state index in [9.17, 15) is 5.11 Å². The fourth-order valence-electron chi connectivity index (χ4n) is 1.52. The minimum Gasteiger partial charge on any atom is -0.389 e. The topological polar surface area (TPSA) is 55.5 Å². The molecule has 3 heteroatoms. The van der Waals surface area contributed by atoms with Crippen LogP contribution in [0.25, 0.3) is 0 Å². The van der Waals surface area contributed by atoms with Gasteiger partial charge in [0, 0.05) is 19.8 Å². The third-order valence-electron chi connectivity index (χ3n) is 2.63. The van der Waals surface area contributed by atoms with E-state index in [-0.39, 0.29) is 0 Å². The van der Waals surface area contributed by atoms with E-state index in [0.717, 1.165) is 19.6 Å². The molecule has 0 aromatic carbocycles. The van der Waals surface area contributed by atoms with E-state index in [4.69, 9.17) is 10.5 Å². The standard InChI is InChI=1S/C12H27NO2/c1-4-6-11(2)9-15-8-5-7-12(3,14)10-13/h11,14H,4-10,13H2,1-3H3. The number of aliphatic hydroxyl groups is 1. The zero-order valence-electron chi connectivity index (χ0n) is 10.5. The Hall–Kier alpha value is -0.120. The molecule has 0 aliphatic heterocycles. The van der Waals surface area contributed by atoms with Gasteiger partial charge < -0.3 is 15.6 Å². The Balaban J connectivity index is 3.32. The van der Waals surface area contributed by atoms with Crippen LogP contribution >= 0.6 is 0 Å². The summed E-state index contributed by atoms with van der Waals surface area (Å²) in [4.78, 5) is 0. The molecular weight excluding hydrogens is 190 g/mol. The van der Waals surface area contributed by atoms with Gasteiger partial charge in [0.25, 0.3) is 0 Å². The monoisotopic (exact) mass is 217 g/mol. The molecule has 2 unspecified atom stereocenters. The number of ether oxygens (including phenoxy) is 1. The largest absolute Gasteiger partial charge is 0.389 e. The molecule has 0 heterocycles. The zero-order chi connectivity index (χ0) is 11.7. The maximum absolute atomic E-state index is 9.64. The van der Waals surface area contributed by atoms with Gasteiger partial charge in [-0.3, -0.25) is 0 Å². The van der Waals surface area contributed by atoms with Crippen molar-refractivity contribution in [2.75, 3.05) is 19.8 Å². The normalized spacial score (nSPS) is 17.4. The SMILES string of the molecule is CCCC(C)COCCCC(C)(O)CN. The Bertz CT molecular complexity index is 149. The minimum absolute atomic E-state index is 0.319. The van der Waals surface area contributed by atoms with Crippen molar-refractivity contribution in [3.05, 3.63) is 0 Å². The highest BCUT2D eigenvalue weighted by atomic mass is 16.5. The van der Waals surface area contributed by atoms with Gasteiger partial charge in [-0.1, -0.05) is 20.3 Å². The van der Waals surface area contributed by atoms with Gasteiger partial charge in [0.1, 0.15) is 0 Å². The van der Waals surface area contributed by atoms with Crippen LogP contribution in [-0.2, 0) is 4.74 Å². The fourth-order valence-corrected chi connectivity index (χ4v) is 1.52. The first kappa shape index (κ1) is 14.9. The third-order valence-corrected chi connectivity index (χ3v) is 2.63. The lowest BCUT2D eigenvalue weighted by Crippen LogP contribution is -2.34. The summed E-state index contributed by atoms with van der Waals surface area (Å²) in [5, 5.41) is 9.64. The van der Waals surface area contributed by atoms with E-state index < -0.39 is 5.60 Å². The van der Waals surface area contributed by atoms with Crippen molar-refractivity contribution in [2.45, 2.75) is 52.1 Å². The summed E-state index contributed by atoms with van der Waals surface area (Å²) in [5.41, 5.74) is 4.69.